The van der Waals surface area contributed by atoms with Crippen molar-refractivity contribution in [3.8, 4) is 11.5 Å². The van der Waals surface area contributed by atoms with Gasteiger partial charge in [0.1, 0.15) is 13.2 Å². The van der Waals surface area contributed by atoms with Crippen molar-refractivity contribution in [2.45, 2.75) is 13.3 Å². The number of nitrogens with one attached hydrogen (secondary N) is 1. The van der Waals surface area contributed by atoms with Gasteiger partial charge in [0, 0.05) is 0 Å². The monoisotopic (exact) mass is 250 g/mol. The lowest BCUT2D eigenvalue weighted by molar-refractivity contribution is 0.171. The molecule has 0 spiro atoms. The van der Waals surface area contributed by atoms with Crippen molar-refractivity contribution in [2.24, 2.45) is 11.7 Å². The summed E-state index contributed by atoms with van der Waals surface area (Å²) >= 11 is 0. The van der Waals surface area contributed by atoms with E-state index >= 15 is 0 Å². The predicted octanol–water partition coefficient (Wildman–Crippen LogP) is 1.18. The van der Waals surface area contributed by atoms with Crippen molar-refractivity contribution >= 4 is 0 Å². The first-order valence-corrected chi connectivity index (χ1v) is 6.59. The number of hydrogen-bond acceptors (Lipinski definition) is 4. The van der Waals surface area contributed by atoms with Gasteiger partial charge in [0.25, 0.3) is 0 Å². The predicted molar refractivity (Wildman–Crippen MR) is 72.2 cm³/mol. The molecular weight excluding hydrogens is 228 g/mol. The Bertz CT molecular complexity index is 382. The third kappa shape index (κ3) is 3.62. The van der Waals surface area contributed by atoms with E-state index in [1.165, 1.54) is 5.56 Å². The number of benzene rings is 1. The van der Waals surface area contributed by atoms with Crippen molar-refractivity contribution in [1.82, 2.24) is 5.32 Å². The van der Waals surface area contributed by atoms with Gasteiger partial charge in [-0.25, -0.2) is 0 Å². The average molecular weight is 250 g/mol. The highest BCUT2D eigenvalue weighted by Crippen LogP contribution is 2.30. The lowest BCUT2D eigenvalue weighted by Gasteiger charge is -2.19. The third-order valence-electron chi connectivity index (χ3n) is 3.09. The van der Waals surface area contributed by atoms with Gasteiger partial charge in [-0.15, -0.1) is 0 Å². The minimum absolute atomic E-state index is 0.533. The molecule has 1 heterocycles. The SMILES string of the molecule is CC(CN)CNCCc1ccc2c(c1)OCCO2. The third-order valence-corrected chi connectivity index (χ3v) is 3.09. The summed E-state index contributed by atoms with van der Waals surface area (Å²) in [5.74, 6) is 2.26. The van der Waals surface area contributed by atoms with E-state index in [9.17, 15) is 0 Å². The molecule has 1 aromatic carbocycles. The minimum Gasteiger partial charge on any atom is -0.486 e. The molecule has 1 aromatic rings. The van der Waals surface area contributed by atoms with Crippen molar-refractivity contribution in [1.29, 1.82) is 0 Å². The lowest BCUT2D eigenvalue weighted by atomic mass is 10.1. The van der Waals surface area contributed by atoms with Gasteiger partial charge in [-0.1, -0.05) is 13.0 Å². The molecule has 0 amide bonds. The van der Waals surface area contributed by atoms with Gasteiger partial charge in [0.2, 0.25) is 0 Å². The summed E-state index contributed by atoms with van der Waals surface area (Å²) < 4.78 is 11.1. The van der Waals surface area contributed by atoms with Crippen LogP contribution in [0.25, 0.3) is 0 Å². The molecule has 0 saturated carbocycles. The minimum atomic E-state index is 0.533. The molecule has 0 radical (unpaired) electrons. The second-order valence-corrected chi connectivity index (χ2v) is 4.77. The summed E-state index contributed by atoms with van der Waals surface area (Å²) in [6.45, 7) is 6.10. The fourth-order valence-electron chi connectivity index (χ4n) is 1.91. The highest BCUT2D eigenvalue weighted by Gasteiger charge is 2.11. The van der Waals surface area contributed by atoms with Gasteiger partial charge in [-0.3, -0.25) is 0 Å². The Hall–Kier alpha value is -1.26. The Kier molecular flexibility index (Phi) is 4.84. The normalized spacial score (nSPS) is 15.4. The summed E-state index contributed by atoms with van der Waals surface area (Å²) in [6.07, 6.45) is 0.994. The molecule has 0 bridgehead atoms. The van der Waals surface area contributed by atoms with Gasteiger partial charge in [0.05, 0.1) is 0 Å². The van der Waals surface area contributed by atoms with Crippen LogP contribution >= 0.6 is 0 Å². The molecule has 0 fully saturated rings. The van der Waals surface area contributed by atoms with Crippen LogP contribution in [0.5, 0.6) is 11.5 Å². The number of nitrogens with two attached hydrogens (primary N) is 1. The van der Waals surface area contributed by atoms with Gasteiger partial charge in [0.15, 0.2) is 11.5 Å². The van der Waals surface area contributed by atoms with Gasteiger partial charge in [-0.05, 0) is 49.7 Å². The average Bonchev–Trinajstić information content (AvgIpc) is 2.43. The molecule has 1 unspecified atom stereocenters. The van der Waals surface area contributed by atoms with Crippen LogP contribution in [0, 0.1) is 5.92 Å². The first kappa shape index (κ1) is 13.2. The maximum Gasteiger partial charge on any atom is 0.161 e. The molecule has 1 aliphatic rings. The summed E-state index contributed by atoms with van der Waals surface area (Å²) in [4.78, 5) is 0. The van der Waals surface area contributed by atoms with E-state index in [-0.39, 0.29) is 0 Å². The molecule has 1 aliphatic heterocycles. The van der Waals surface area contributed by atoms with Crippen LogP contribution in [0.3, 0.4) is 0 Å². The summed E-state index contributed by atoms with van der Waals surface area (Å²) in [7, 11) is 0. The van der Waals surface area contributed by atoms with E-state index in [1.807, 2.05) is 6.07 Å². The first-order valence-electron chi connectivity index (χ1n) is 6.59. The zero-order chi connectivity index (χ0) is 12.8. The quantitative estimate of drug-likeness (QED) is 0.745. The zero-order valence-corrected chi connectivity index (χ0v) is 10.9. The number of fused-ring (bicyclic) bond motifs is 1. The molecule has 4 nitrogen and oxygen atoms in total. The summed E-state index contributed by atoms with van der Waals surface area (Å²) in [6, 6.07) is 6.16. The Morgan fingerprint density at radius 3 is 2.83 bits per heavy atom. The molecule has 0 saturated heterocycles. The lowest BCUT2D eigenvalue weighted by Crippen LogP contribution is -2.27. The number of hydrogen-bond donors (Lipinski definition) is 2. The van der Waals surface area contributed by atoms with Gasteiger partial charge in [-0.2, -0.15) is 0 Å². The van der Waals surface area contributed by atoms with Crippen LogP contribution in [-0.2, 0) is 6.42 Å². The Labute approximate surface area is 108 Å². The number of rotatable bonds is 6. The van der Waals surface area contributed by atoms with Gasteiger partial charge < -0.3 is 20.5 Å². The fraction of sp³-hybridized carbons (Fsp3) is 0.571. The maximum atomic E-state index is 5.57. The van der Waals surface area contributed by atoms with Crippen molar-refractivity contribution in [2.75, 3.05) is 32.8 Å². The molecule has 0 aliphatic carbocycles. The first-order chi connectivity index (χ1) is 8.79. The molecule has 100 valence electrons. The molecule has 3 N–H and O–H groups in total. The van der Waals surface area contributed by atoms with E-state index < -0.39 is 0 Å². The van der Waals surface area contributed by atoms with Crippen molar-refractivity contribution in [3.05, 3.63) is 23.8 Å². The Morgan fingerprint density at radius 2 is 2.06 bits per heavy atom. The van der Waals surface area contributed by atoms with Crippen molar-refractivity contribution in [3.63, 3.8) is 0 Å². The van der Waals surface area contributed by atoms with Crippen LogP contribution in [0.4, 0.5) is 0 Å². The van der Waals surface area contributed by atoms with E-state index in [4.69, 9.17) is 15.2 Å². The largest absolute Gasteiger partial charge is 0.486 e. The van der Waals surface area contributed by atoms with Crippen LogP contribution in [0.1, 0.15) is 12.5 Å². The van der Waals surface area contributed by atoms with E-state index in [0.29, 0.717) is 19.1 Å². The second-order valence-electron chi connectivity index (χ2n) is 4.77. The van der Waals surface area contributed by atoms with Crippen LogP contribution < -0.4 is 20.5 Å². The molecule has 1 atom stereocenters. The fourth-order valence-corrected chi connectivity index (χ4v) is 1.91. The smallest absolute Gasteiger partial charge is 0.161 e. The summed E-state index contributed by atoms with van der Waals surface area (Å²) in [5.41, 5.74) is 6.84. The topological polar surface area (TPSA) is 56.5 Å². The van der Waals surface area contributed by atoms with Crippen molar-refractivity contribution < 1.29 is 9.47 Å². The Morgan fingerprint density at radius 1 is 1.28 bits per heavy atom. The molecular formula is C14H22N2O2. The van der Waals surface area contributed by atoms with Crippen LogP contribution in [0.15, 0.2) is 18.2 Å². The highest BCUT2D eigenvalue weighted by molar-refractivity contribution is 5.43. The Balaban J connectivity index is 1.79. The molecule has 18 heavy (non-hydrogen) atoms. The number of ether oxygens (including phenoxy) is 2. The van der Waals surface area contributed by atoms with E-state index in [2.05, 4.69) is 24.4 Å². The zero-order valence-electron chi connectivity index (χ0n) is 10.9. The van der Waals surface area contributed by atoms with Crippen LogP contribution in [-0.4, -0.2) is 32.8 Å². The molecule has 4 heteroatoms. The van der Waals surface area contributed by atoms with Gasteiger partial charge >= 0.3 is 0 Å². The molecule has 2 rings (SSSR count). The maximum absolute atomic E-state index is 5.57. The highest BCUT2D eigenvalue weighted by atomic mass is 16.6. The van der Waals surface area contributed by atoms with E-state index in [1.54, 1.807) is 0 Å². The standard InChI is InChI=1S/C14H22N2O2/c1-11(9-15)10-16-5-4-12-2-3-13-14(8-12)18-7-6-17-13/h2-3,8,11,16H,4-7,9-10,15H2,1H3. The second kappa shape index (κ2) is 6.61. The van der Waals surface area contributed by atoms with Crippen LogP contribution in [0.2, 0.25) is 0 Å². The van der Waals surface area contributed by atoms with E-state index in [0.717, 1.165) is 37.6 Å². The molecule has 0 aromatic heterocycles. The summed E-state index contributed by atoms with van der Waals surface area (Å²) in [5, 5.41) is 3.41.